The lowest BCUT2D eigenvalue weighted by molar-refractivity contribution is -0.753. The number of hydrogen-bond donors (Lipinski definition) is 3. The highest BCUT2D eigenvalue weighted by molar-refractivity contribution is 5.86. The molecule has 6 aromatic rings. The standard InChI is InChI=1S/C52H65F2N12O8/c1-5-47(35(2)67)66-50(69)65(33-59-66)42-13-11-40(12-14-42)61-22-24-62(25-23-61)41-15-17-43(18-16-41)71-28-37-27-52(73-29-37,44-19-10-39(53)26-45(44)54)31-64-34-63(32-58-64)36(3)74-51(70)60(4)48-38(8-7-21-57-48)30-72-49(68)46(56)9-6-20-55/h7-8,10-19,21,26,32-37,46-47,67H,5-6,9,20,22-25,27-31,55-56H2,1-4H3/q+1/t35-,36?,37+,46-,47?,52-/m0/s1. The lowest BCUT2D eigenvalue weighted by atomic mass is 9.87. The molecule has 2 unspecified atom stereocenters. The van der Waals surface area contributed by atoms with Crippen molar-refractivity contribution < 1.29 is 47.0 Å². The van der Waals surface area contributed by atoms with Gasteiger partial charge in [-0.1, -0.05) is 19.1 Å². The van der Waals surface area contributed by atoms with Gasteiger partial charge >= 0.3 is 17.8 Å². The van der Waals surface area contributed by atoms with Crippen LogP contribution in [0.4, 0.5) is 30.8 Å². The SMILES string of the molecule is CCC([C@H](C)O)n1ncn(-c2ccc(N3CCN(c4ccc(OC[C@@H]5CO[C@@](Cn6c[n+](C(C)OC(=O)N(C)c7ncccc7COC(=O)[C@@H](N)CCCN)cn6)(c6ccc(F)cc6F)C5)cc4)CC3)cc2)c1=O. The molecule has 3 aromatic carbocycles. The number of rotatable bonds is 21. The molecule has 0 aliphatic carbocycles. The number of aliphatic hydroxyl groups excluding tert-OH is 1. The van der Waals surface area contributed by atoms with Crippen LogP contribution >= 0.6 is 0 Å². The summed E-state index contributed by atoms with van der Waals surface area (Å²) in [5.41, 5.74) is 13.4. The molecule has 0 bridgehead atoms. The number of esters is 1. The number of hydrogen-bond acceptors (Lipinski definition) is 15. The summed E-state index contributed by atoms with van der Waals surface area (Å²) in [6.45, 7) is 9.22. The number of nitrogens with zero attached hydrogens (tertiary/aromatic N) is 10. The quantitative estimate of drug-likeness (QED) is 0.0653. The molecule has 1 amide bonds. The van der Waals surface area contributed by atoms with Gasteiger partial charge in [-0.05, 0) is 99.8 Å². The molecule has 0 saturated carbocycles. The van der Waals surface area contributed by atoms with Crippen molar-refractivity contribution in [3.8, 4) is 11.4 Å². The van der Waals surface area contributed by atoms with Gasteiger partial charge in [-0.25, -0.2) is 32.6 Å². The molecule has 0 radical (unpaired) electrons. The molecule has 20 nitrogen and oxygen atoms in total. The zero-order chi connectivity index (χ0) is 52.5. The predicted molar refractivity (Wildman–Crippen MR) is 270 cm³/mol. The van der Waals surface area contributed by atoms with Crippen LogP contribution < -0.4 is 41.2 Å². The lowest BCUT2D eigenvalue weighted by Crippen LogP contribution is -2.46. The Morgan fingerprint density at radius 2 is 1.68 bits per heavy atom. The molecule has 8 rings (SSSR count). The van der Waals surface area contributed by atoms with Crippen LogP contribution in [0.15, 0.2) is 109 Å². The Morgan fingerprint density at radius 1 is 0.986 bits per heavy atom. The molecule has 22 heteroatoms. The van der Waals surface area contributed by atoms with Crippen LogP contribution in [0, 0.1) is 17.6 Å². The van der Waals surface area contributed by atoms with Crippen molar-refractivity contribution in [3.63, 3.8) is 0 Å². The number of benzene rings is 3. The molecule has 2 fully saturated rings. The number of halogens is 2. The summed E-state index contributed by atoms with van der Waals surface area (Å²) in [5.74, 6) is -1.32. The largest absolute Gasteiger partial charge is 0.493 e. The van der Waals surface area contributed by atoms with E-state index in [4.69, 9.17) is 30.4 Å². The number of aromatic nitrogens is 7. The van der Waals surface area contributed by atoms with Gasteiger partial charge in [-0.2, -0.15) is 9.67 Å². The van der Waals surface area contributed by atoms with Gasteiger partial charge in [0.25, 0.3) is 6.33 Å². The molecule has 2 aliphatic heterocycles. The number of pyridine rings is 1. The van der Waals surface area contributed by atoms with Crippen LogP contribution in [0.5, 0.6) is 5.75 Å². The van der Waals surface area contributed by atoms with Gasteiger partial charge in [0.05, 0.1) is 31.0 Å². The number of amides is 1. The molecular formula is C52H65F2N12O8+. The molecule has 0 spiro atoms. The third kappa shape index (κ3) is 12.2. The van der Waals surface area contributed by atoms with Crippen LogP contribution in [-0.2, 0) is 37.8 Å². The second-order valence-corrected chi connectivity index (χ2v) is 18.8. The third-order valence-corrected chi connectivity index (χ3v) is 13.6. The Bertz CT molecular complexity index is 2890. The van der Waals surface area contributed by atoms with Crippen molar-refractivity contribution in [1.29, 1.82) is 0 Å². The summed E-state index contributed by atoms with van der Waals surface area (Å²) in [6, 6.07) is 21.3. The number of nitrogens with two attached hydrogens (primary N) is 2. The van der Waals surface area contributed by atoms with Gasteiger partial charge in [0.1, 0.15) is 54.3 Å². The maximum absolute atomic E-state index is 15.6. The summed E-state index contributed by atoms with van der Waals surface area (Å²) in [4.78, 5) is 49.1. The Balaban J connectivity index is 0.844. The summed E-state index contributed by atoms with van der Waals surface area (Å²) in [5, 5.41) is 18.9. The van der Waals surface area contributed by atoms with E-state index in [0.29, 0.717) is 49.2 Å². The molecule has 5 N–H and O–H groups in total. The van der Waals surface area contributed by atoms with Crippen LogP contribution in [0.1, 0.15) is 69.9 Å². The summed E-state index contributed by atoms with van der Waals surface area (Å²) in [6.07, 6.45) is 5.65. The van der Waals surface area contributed by atoms with E-state index in [9.17, 15) is 23.9 Å². The first-order valence-electron chi connectivity index (χ1n) is 24.9. The number of carbonyl (C=O) groups excluding carboxylic acids is 2. The van der Waals surface area contributed by atoms with Crippen LogP contribution in [-0.4, -0.2) is 111 Å². The van der Waals surface area contributed by atoms with Crippen molar-refractivity contribution in [3.05, 3.63) is 137 Å². The Labute approximate surface area is 427 Å². The lowest BCUT2D eigenvalue weighted by Gasteiger charge is -2.37. The molecule has 5 heterocycles. The molecule has 74 heavy (non-hydrogen) atoms. The maximum atomic E-state index is 15.6. The van der Waals surface area contributed by atoms with Crippen molar-refractivity contribution in [2.75, 3.05) is 67.7 Å². The van der Waals surface area contributed by atoms with Crippen molar-refractivity contribution in [2.24, 2.45) is 17.4 Å². The molecule has 2 saturated heterocycles. The Morgan fingerprint density at radius 3 is 2.34 bits per heavy atom. The van der Waals surface area contributed by atoms with Gasteiger partial charge in [-0.15, -0.1) is 4.68 Å². The smallest absolute Gasteiger partial charge is 0.418 e. The molecule has 2 aliphatic rings. The topological polar surface area (TPSA) is 227 Å². The Kier molecular flexibility index (Phi) is 17.0. The zero-order valence-corrected chi connectivity index (χ0v) is 42.1. The number of piperazine rings is 1. The second-order valence-electron chi connectivity index (χ2n) is 18.8. The zero-order valence-electron chi connectivity index (χ0n) is 42.1. The minimum atomic E-state index is -1.24. The number of anilines is 3. The summed E-state index contributed by atoms with van der Waals surface area (Å²) < 4.78 is 59.7. The second kappa shape index (κ2) is 23.7. The summed E-state index contributed by atoms with van der Waals surface area (Å²) >= 11 is 0. The predicted octanol–water partition coefficient (Wildman–Crippen LogP) is 4.76. The van der Waals surface area contributed by atoms with Gasteiger partial charge in [-0.3, -0.25) is 9.69 Å². The van der Waals surface area contributed by atoms with Crippen molar-refractivity contribution in [2.45, 2.75) is 89.6 Å². The van der Waals surface area contributed by atoms with E-state index in [1.54, 1.807) is 41.6 Å². The molecule has 6 atom stereocenters. The highest BCUT2D eigenvalue weighted by atomic mass is 19.1. The maximum Gasteiger partial charge on any atom is 0.418 e. The highest BCUT2D eigenvalue weighted by Crippen LogP contribution is 2.42. The van der Waals surface area contributed by atoms with Crippen molar-refractivity contribution in [1.82, 2.24) is 29.1 Å². The Hall–Kier alpha value is -7.27. The van der Waals surface area contributed by atoms with E-state index in [1.807, 2.05) is 55.5 Å². The third-order valence-electron chi connectivity index (χ3n) is 13.6. The van der Waals surface area contributed by atoms with Gasteiger partial charge in [0.15, 0.2) is 0 Å². The van der Waals surface area contributed by atoms with Gasteiger partial charge in [0.2, 0.25) is 12.6 Å². The minimum Gasteiger partial charge on any atom is -0.493 e. The average molecular weight is 1020 g/mol. The van der Waals surface area contributed by atoms with E-state index in [2.05, 4.69) is 25.0 Å². The normalized spacial score (nSPS) is 18.4. The first-order chi connectivity index (χ1) is 35.7. The van der Waals surface area contributed by atoms with E-state index in [1.165, 1.54) is 52.2 Å². The monoisotopic (exact) mass is 1020 g/mol. The molecule has 3 aromatic heterocycles. The van der Waals surface area contributed by atoms with E-state index in [0.717, 1.165) is 43.6 Å². The van der Waals surface area contributed by atoms with Crippen LogP contribution in [0.25, 0.3) is 5.69 Å². The fraction of sp³-hybridized carbons (Fsp3) is 0.442. The average Bonchev–Trinajstić information content (AvgIpc) is 4.16. The fourth-order valence-electron chi connectivity index (χ4n) is 9.46. The van der Waals surface area contributed by atoms with E-state index < -0.39 is 53.7 Å². The fourth-order valence-corrected chi connectivity index (χ4v) is 9.46. The number of carbonyl (C=O) groups is 2. The van der Waals surface area contributed by atoms with Crippen molar-refractivity contribution >= 4 is 29.3 Å². The first kappa shape index (κ1) is 53.0. The van der Waals surface area contributed by atoms with Crippen LogP contribution in [0.2, 0.25) is 0 Å². The van der Waals surface area contributed by atoms with E-state index >= 15 is 4.39 Å². The van der Waals surface area contributed by atoms with E-state index in [-0.39, 0.29) is 49.4 Å². The molecule has 394 valence electrons. The number of ether oxygens (including phenoxy) is 4. The van der Waals surface area contributed by atoms with Gasteiger partial charge < -0.3 is 45.3 Å². The summed E-state index contributed by atoms with van der Waals surface area (Å²) in [7, 11) is 1.48. The minimum absolute atomic E-state index is 0.0532. The number of aliphatic hydroxyl groups is 1. The first-order valence-corrected chi connectivity index (χ1v) is 24.9. The molecular weight excluding hydrogens is 959 g/mol. The van der Waals surface area contributed by atoms with Gasteiger partial charge in [0, 0.05) is 85.9 Å². The van der Waals surface area contributed by atoms with Crippen LogP contribution in [0.3, 0.4) is 0 Å². The highest BCUT2D eigenvalue weighted by Gasteiger charge is 2.46.